The van der Waals surface area contributed by atoms with Crippen molar-refractivity contribution in [2.75, 3.05) is 18.0 Å². The van der Waals surface area contributed by atoms with Crippen LogP contribution in [0.5, 0.6) is 0 Å². The molecule has 2 atom stereocenters. The van der Waals surface area contributed by atoms with Crippen molar-refractivity contribution in [2.45, 2.75) is 51.1 Å². The maximum absolute atomic E-state index is 11.8. The summed E-state index contributed by atoms with van der Waals surface area (Å²) in [5, 5.41) is 3.65. The number of anilines is 1. The van der Waals surface area contributed by atoms with Crippen molar-refractivity contribution < 1.29 is 0 Å². The van der Waals surface area contributed by atoms with E-state index in [-0.39, 0.29) is 11.5 Å². The lowest BCUT2D eigenvalue weighted by Crippen LogP contribution is -2.36. The van der Waals surface area contributed by atoms with Crippen molar-refractivity contribution in [3.8, 4) is 0 Å². The molecule has 104 valence electrons. The minimum absolute atomic E-state index is 0.0453. The molecule has 0 radical (unpaired) electrons. The van der Waals surface area contributed by atoms with Gasteiger partial charge in [-0.1, -0.05) is 13.8 Å². The zero-order valence-electron chi connectivity index (χ0n) is 11.6. The minimum atomic E-state index is -0.0453. The van der Waals surface area contributed by atoms with Gasteiger partial charge < -0.3 is 15.2 Å². The van der Waals surface area contributed by atoms with Crippen LogP contribution in [0, 0.1) is 0 Å². The van der Waals surface area contributed by atoms with Gasteiger partial charge in [0.05, 0.1) is 0 Å². The third-order valence-electron chi connectivity index (χ3n) is 4.14. The van der Waals surface area contributed by atoms with Crippen LogP contribution < -0.4 is 15.8 Å². The summed E-state index contributed by atoms with van der Waals surface area (Å²) in [6, 6.07) is 2.84. The van der Waals surface area contributed by atoms with Crippen LogP contribution in [0.3, 0.4) is 0 Å². The van der Waals surface area contributed by atoms with Crippen molar-refractivity contribution in [3.63, 3.8) is 0 Å². The van der Waals surface area contributed by atoms with Crippen LogP contribution in [0.15, 0.2) is 10.9 Å². The molecule has 5 nitrogen and oxygen atoms in total. The van der Waals surface area contributed by atoms with Gasteiger partial charge in [-0.15, -0.1) is 0 Å². The number of H-pyrrole nitrogens is 1. The second kappa shape index (κ2) is 4.96. The second-order valence-corrected chi connectivity index (χ2v) is 6.02. The summed E-state index contributed by atoms with van der Waals surface area (Å²) < 4.78 is 0. The largest absolute Gasteiger partial charge is 0.355 e. The van der Waals surface area contributed by atoms with Crippen LogP contribution in [-0.2, 0) is 0 Å². The maximum atomic E-state index is 11.8. The first-order valence-electron chi connectivity index (χ1n) is 7.24. The van der Waals surface area contributed by atoms with Gasteiger partial charge in [-0.05, 0) is 19.3 Å². The zero-order chi connectivity index (χ0) is 13.4. The molecule has 2 aliphatic heterocycles. The summed E-state index contributed by atoms with van der Waals surface area (Å²) in [6.07, 6.45) is 3.67. The molecule has 2 unspecified atom stereocenters. The quantitative estimate of drug-likeness (QED) is 0.841. The number of hydrogen-bond acceptors (Lipinski definition) is 4. The molecule has 2 N–H and O–H groups in total. The van der Waals surface area contributed by atoms with Gasteiger partial charge in [-0.2, -0.15) is 0 Å². The Morgan fingerprint density at radius 3 is 2.89 bits per heavy atom. The molecule has 2 saturated heterocycles. The van der Waals surface area contributed by atoms with E-state index in [9.17, 15) is 4.79 Å². The first-order valence-corrected chi connectivity index (χ1v) is 7.24. The van der Waals surface area contributed by atoms with Gasteiger partial charge in [0.2, 0.25) is 0 Å². The monoisotopic (exact) mass is 262 g/mol. The molecule has 1 aromatic heterocycles. The second-order valence-electron chi connectivity index (χ2n) is 6.02. The SMILES string of the molecule is CC(C)c1nc(N2CCC3CCC(C2)N3)cc(=O)[nH]1. The van der Waals surface area contributed by atoms with Gasteiger partial charge >= 0.3 is 0 Å². The van der Waals surface area contributed by atoms with Crippen LogP contribution in [0.1, 0.15) is 44.9 Å². The third-order valence-corrected chi connectivity index (χ3v) is 4.14. The Balaban J connectivity index is 1.87. The average molecular weight is 262 g/mol. The molecule has 5 heteroatoms. The fourth-order valence-electron chi connectivity index (χ4n) is 3.05. The number of nitrogens with one attached hydrogen (secondary N) is 2. The molecule has 3 rings (SSSR count). The number of nitrogens with zero attached hydrogens (tertiary/aromatic N) is 2. The van der Waals surface area contributed by atoms with E-state index in [0.717, 1.165) is 31.2 Å². The highest BCUT2D eigenvalue weighted by Crippen LogP contribution is 2.23. The first kappa shape index (κ1) is 12.7. The molecule has 0 saturated carbocycles. The van der Waals surface area contributed by atoms with Gasteiger partial charge in [-0.3, -0.25) is 4.79 Å². The Labute approximate surface area is 113 Å². The van der Waals surface area contributed by atoms with Crippen molar-refractivity contribution in [1.82, 2.24) is 15.3 Å². The van der Waals surface area contributed by atoms with Crippen molar-refractivity contribution in [2.24, 2.45) is 0 Å². The molecule has 0 aliphatic carbocycles. The molecular formula is C14H22N4O. The van der Waals surface area contributed by atoms with Crippen molar-refractivity contribution >= 4 is 5.82 Å². The van der Waals surface area contributed by atoms with E-state index in [4.69, 9.17) is 0 Å². The van der Waals surface area contributed by atoms with E-state index in [2.05, 4.69) is 20.2 Å². The summed E-state index contributed by atoms with van der Waals surface area (Å²) in [6.45, 7) is 6.05. The van der Waals surface area contributed by atoms with Gasteiger partial charge in [-0.25, -0.2) is 4.98 Å². The number of rotatable bonds is 2. The summed E-state index contributed by atoms with van der Waals surface area (Å²) >= 11 is 0. The molecule has 2 fully saturated rings. The molecule has 0 spiro atoms. The van der Waals surface area contributed by atoms with Crippen LogP contribution in [0.4, 0.5) is 5.82 Å². The van der Waals surface area contributed by atoms with E-state index in [1.807, 2.05) is 13.8 Å². The lowest BCUT2D eigenvalue weighted by molar-refractivity contribution is 0.563. The Hall–Kier alpha value is -1.36. The van der Waals surface area contributed by atoms with Gasteiger partial charge in [0, 0.05) is 37.2 Å². The molecule has 2 bridgehead atoms. The predicted octanol–water partition coefficient (Wildman–Crippen LogP) is 1.22. The average Bonchev–Trinajstić information content (AvgIpc) is 2.68. The zero-order valence-corrected chi connectivity index (χ0v) is 11.6. The van der Waals surface area contributed by atoms with Crippen molar-refractivity contribution in [1.29, 1.82) is 0 Å². The Morgan fingerprint density at radius 2 is 2.11 bits per heavy atom. The van der Waals surface area contributed by atoms with Crippen LogP contribution >= 0.6 is 0 Å². The molecule has 0 aromatic carbocycles. The van der Waals surface area contributed by atoms with Gasteiger partial charge in [0.1, 0.15) is 11.6 Å². The molecule has 1 aromatic rings. The van der Waals surface area contributed by atoms with E-state index < -0.39 is 0 Å². The number of aromatic amines is 1. The number of fused-ring (bicyclic) bond motifs is 2. The van der Waals surface area contributed by atoms with Crippen LogP contribution in [-0.4, -0.2) is 35.1 Å². The van der Waals surface area contributed by atoms with E-state index in [0.29, 0.717) is 12.1 Å². The van der Waals surface area contributed by atoms with E-state index in [1.54, 1.807) is 6.07 Å². The highest BCUT2D eigenvalue weighted by Gasteiger charge is 2.29. The standard InChI is InChI=1S/C14H22N4O/c1-9(2)14-16-12(7-13(19)17-14)18-6-5-10-3-4-11(8-18)15-10/h7,9-11,15H,3-6,8H2,1-2H3,(H,16,17,19). The van der Waals surface area contributed by atoms with Crippen LogP contribution in [0.25, 0.3) is 0 Å². The van der Waals surface area contributed by atoms with Gasteiger partial charge in [0.15, 0.2) is 0 Å². The number of aromatic nitrogens is 2. The first-order chi connectivity index (χ1) is 9.11. The Bertz CT molecular complexity index is 510. The van der Waals surface area contributed by atoms with E-state index in [1.165, 1.54) is 12.8 Å². The predicted molar refractivity (Wildman–Crippen MR) is 75.7 cm³/mol. The molecule has 2 aliphatic rings. The molecule has 3 heterocycles. The van der Waals surface area contributed by atoms with Crippen molar-refractivity contribution in [3.05, 3.63) is 22.2 Å². The van der Waals surface area contributed by atoms with Crippen LogP contribution in [0.2, 0.25) is 0 Å². The third kappa shape index (κ3) is 2.66. The summed E-state index contributed by atoms with van der Waals surface area (Å²) in [5.74, 6) is 1.86. The molecular weight excluding hydrogens is 240 g/mol. The number of hydrogen-bond donors (Lipinski definition) is 2. The lowest BCUT2D eigenvalue weighted by atomic mass is 10.1. The van der Waals surface area contributed by atoms with Gasteiger partial charge in [0.25, 0.3) is 5.56 Å². The fourth-order valence-corrected chi connectivity index (χ4v) is 3.05. The fraction of sp³-hybridized carbons (Fsp3) is 0.714. The summed E-state index contributed by atoms with van der Waals surface area (Å²) in [5.41, 5.74) is -0.0453. The maximum Gasteiger partial charge on any atom is 0.252 e. The lowest BCUT2D eigenvalue weighted by Gasteiger charge is -2.25. The topological polar surface area (TPSA) is 61.0 Å². The smallest absolute Gasteiger partial charge is 0.252 e. The summed E-state index contributed by atoms with van der Waals surface area (Å²) in [4.78, 5) is 21.5. The Morgan fingerprint density at radius 1 is 1.32 bits per heavy atom. The molecule has 0 amide bonds. The minimum Gasteiger partial charge on any atom is -0.355 e. The highest BCUT2D eigenvalue weighted by atomic mass is 16.1. The Kier molecular flexibility index (Phi) is 3.31. The van der Waals surface area contributed by atoms with E-state index >= 15 is 0 Å². The normalized spacial score (nSPS) is 26.8. The molecule has 19 heavy (non-hydrogen) atoms. The summed E-state index contributed by atoms with van der Waals surface area (Å²) in [7, 11) is 0. The highest BCUT2D eigenvalue weighted by molar-refractivity contribution is 5.38.